The lowest BCUT2D eigenvalue weighted by molar-refractivity contribution is -0.117. The Morgan fingerprint density at radius 3 is 2.10 bits per heavy atom. The van der Waals surface area contributed by atoms with Gasteiger partial charge in [0.2, 0.25) is 0 Å². The summed E-state index contributed by atoms with van der Waals surface area (Å²) >= 11 is 0. The molecule has 0 spiro atoms. The Morgan fingerprint density at radius 1 is 1.07 bits per heavy atom. The Hall–Kier alpha value is -1.42. The van der Waals surface area contributed by atoms with Crippen LogP contribution in [0.15, 0.2) is 12.1 Å². The molecular formula is C24H37O5P. The van der Waals surface area contributed by atoms with E-state index >= 15 is 0 Å². The first-order chi connectivity index (χ1) is 14.0. The van der Waals surface area contributed by atoms with E-state index in [-0.39, 0.29) is 11.2 Å². The Labute approximate surface area is 181 Å². The summed E-state index contributed by atoms with van der Waals surface area (Å²) in [5.74, 6) is 0.719. The quantitative estimate of drug-likeness (QED) is 0.363. The summed E-state index contributed by atoms with van der Waals surface area (Å²) in [6, 6.07) is 2.14. The maximum atomic E-state index is 13.2. The monoisotopic (exact) mass is 436 g/mol. The van der Waals surface area contributed by atoms with Gasteiger partial charge in [-0.2, -0.15) is 0 Å². The van der Waals surface area contributed by atoms with E-state index in [1.165, 1.54) is 31.4 Å². The van der Waals surface area contributed by atoms with Gasteiger partial charge in [0.25, 0.3) is 0 Å². The van der Waals surface area contributed by atoms with E-state index in [0.29, 0.717) is 6.42 Å². The SMILES string of the molecule is CCC(C)(C(=O)/C=C/c1cc(C(C)(C)C)c(OC)c2c1CCCC2)P(=O)(OC)OC. The van der Waals surface area contributed by atoms with E-state index in [4.69, 9.17) is 13.8 Å². The fourth-order valence-electron chi connectivity index (χ4n) is 4.21. The summed E-state index contributed by atoms with van der Waals surface area (Å²) in [7, 11) is 0.809. The van der Waals surface area contributed by atoms with Crippen molar-refractivity contribution in [2.45, 2.75) is 77.3 Å². The minimum absolute atomic E-state index is 0.0931. The number of carbonyl (C=O) groups excluding carboxylic acids is 1. The van der Waals surface area contributed by atoms with Gasteiger partial charge < -0.3 is 13.8 Å². The Morgan fingerprint density at radius 2 is 1.63 bits per heavy atom. The molecule has 1 aromatic rings. The molecule has 5 nitrogen and oxygen atoms in total. The van der Waals surface area contributed by atoms with Crippen LogP contribution in [0.1, 0.15) is 76.1 Å². The molecule has 0 aliphatic heterocycles. The van der Waals surface area contributed by atoms with E-state index in [1.54, 1.807) is 14.0 Å². The molecule has 1 atom stereocenters. The Kier molecular flexibility index (Phi) is 7.77. The van der Waals surface area contributed by atoms with E-state index < -0.39 is 12.8 Å². The van der Waals surface area contributed by atoms with Gasteiger partial charge in [0.1, 0.15) is 10.9 Å². The first-order valence-corrected chi connectivity index (χ1v) is 12.2. The molecule has 2 rings (SSSR count). The van der Waals surface area contributed by atoms with Gasteiger partial charge in [-0.1, -0.05) is 33.8 Å². The third-order valence-corrected chi connectivity index (χ3v) is 9.07. The van der Waals surface area contributed by atoms with E-state index in [9.17, 15) is 9.36 Å². The molecule has 0 radical (unpaired) electrons. The highest BCUT2D eigenvalue weighted by molar-refractivity contribution is 7.56. The van der Waals surface area contributed by atoms with Crippen LogP contribution in [0.3, 0.4) is 0 Å². The number of hydrogen-bond donors (Lipinski definition) is 0. The average molecular weight is 437 g/mol. The van der Waals surface area contributed by atoms with Crippen molar-refractivity contribution in [3.8, 4) is 5.75 Å². The summed E-state index contributed by atoms with van der Waals surface area (Å²) in [6.45, 7) is 9.97. The summed E-state index contributed by atoms with van der Waals surface area (Å²) in [5.41, 5.74) is 4.57. The molecule has 1 unspecified atom stereocenters. The van der Waals surface area contributed by atoms with Crippen LogP contribution >= 0.6 is 7.60 Å². The minimum atomic E-state index is -3.57. The van der Waals surface area contributed by atoms with Crippen LogP contribution in [0.2, 0.25) is 0 Å². The Balaban J connectivity index is 2.58. The summed E-state index contributed by atoms with van der Waals surface area (Å²) in [6.07, 6.45) is 7.95. The number of allylic oxidation sites excluding steroid dienone is 1. The van der Waals surface area contributed by atoms with Gasteiger partial charge in [0, 0.05) is 19.8 Å². The third kappa shape index (κ3) is 4.44. The van der Waals surface area contributed by atoms with Crippen molar-refractivity contribution in [1.29, 1.82) is 0 Å². The van der Waals surface area contributed by atoms with Gasteiger partial charge in [-0.15, -0.1) is 0 Å². The zero-order chi connectivity index (χ0) is 22.7. The highest BCUT2D eigenvalue weighted by Gasteiger charge is 2.49. The normalized spacial score (nSPS) is 16.9. The number of methoxy groups -OCH3 is 1. The molecule has 6 heteroatoms. The molecule has 0 N–H and O–H groups in total. The molecule has 0 fully saturated rings. The van der Waals surface area contributed by atoms with Crippen LogP contribution < -0.4 is 4.74 Å². The standard InChI is InChI=1S/C24H37O5P/c1-9-24(5,30(26,28-7)29-8)21(25)15-14-17-16-20(23(2,3)4)22(27-6)19-13-11-10-12-18(17)19/h14-16H,9-13H2,1-8H3/b15-14+. The predicted octanol–water partition coefficient (Wildman–Crippen LogP) is 6.11. The number of rotatable bonds is 8. The van der Waals surface area contributed by atoms with Gasteiger partial charge in [0.15, 0.2) is 5.78 Å². The van der Waals surface area contributed by atoms with Crippen molar-refractivity contribution >= 4 is 19.5 Å². The van der Waals surface area contributed by atoms with Crippen molar-refractivity contribution in [3.63, 3.8) is 0 Å². The molecule has 0 bridgehead atoms. The van der Waals surface area contributed by atoms with Crippen molar-refractivity contribution in [1.82, 2.24) is 0 Å². The van der Waals surface area contributed by atoms with Crippen molar-refractivity contribution in [2.75, 3.05) is 21.3 Å². The number of carbonyl (C=O) groups is 1. The highest BCUT2D eigenvalue weighted by Crippen LogP contribution is 2.60. The fourth-order valence-corrected chi connectivity index (χ4v) is 5.90. The smallest absolute Gasteiger partial charge is 0.343 e. The number of fused-ring (bicyclic) bond motifs is 1. The lowest BCUT2D eigenvalue weighted by Crippen LogP contribution is -2.34. The molecule has 1 aliphatic rings. The number of benzene rings is 1. The van der Waals surface area contributed by atoms with Gasteiger partial charge >= 0.3 is 7.60 Å². The fraction of sp³-hybridized carbons (Fsp3) is 0.625. The van der Waals surface area contributed by atoms with Crippen LogP contribution in [0.5, 0.6) is 5.75 Å². The summed E-state index contributed by atoms with van der Waals surface area (Å²) in [5, 5.41) is -1.23. The largest absolute Gasteiger partial charge is 0.496 e. The molecule has 1 aromatic carbocycles. The summed E-state index contributed by atoms with van der Waals surface area (Å²) < 4.78 is 29.2. The van der Waals surface area contributed by atoms with E-state index in [0.717, 1.165) is 42.6 Å². The molecule has 0 heterocycles. The van der Waals surface area contributed by atoms with Crippen LogP contribution in [-0.2, 0) is 36.7 Å². The van der Waals surface area contributed by atoms with Gasteiger partial charge in [-0.05, 0) is 73.3 Å². The van der Waals surface area contributed by atoms with Crippen LogP contribution in [0, 0.1) is 0 Å². The summed E-state index contributed by atoms with van der Waals surface area (Å²) in [4.78, 5) is 13.2. The predicted molar refractivity (Wildman–Crippen MR) is 123 cm³/mol. The first kappa shape index (κ1) is 24.8. The van der Waals surface area contributed by atoms with Crippen LogP contribution in [0.4, 0.5) is 0 Å². The highest BCUT2D eigenvalue weighted by atomic mass is 31.2. The maximum absolute atomic E-state index is 13.2. The van der Waals surface area contributed by atoms with Crippen molar-refractivity contribution in [2.24, 2.45) is 0 Å². The lowest BCUT2D eigenvalue weighted by atomic mass is 9.78. The van der Waals surface area contributed by atoms with Gasteiger partial charge in [-0.25, -0.2) is 0 Å². The lowest BCUT2D eigenvalue weighted by Gasteiger charge is -2.31. The zero-order valence-corrected chi connectivity index (χ0v) is 20.7. The second-order valence-corrected chi connectivity index (χ2v) is 11.9. The van der Waals surface area contributed by atoms with E-state index in [2.05, 4.69) is 26.8 Å². The average Bonchev–Trinajstić information content (AvgIpc) is 2.74. The molecule has 168 valence electrons. The number of hydrogen-bond acceptors (Lipinski definition) is 5. The van der Waals surface area contributed by atoms with Crippen LogP contribution in [0.25, 0.3) is 6.08 Å². The number of ketones is 1. The van der Waals surface area contributed by atoms with Crippen molar-refractivity contribution in [3.05, 3.63) is 34.4 Å². The van der Waals surface area contributed by atoms with Crippen LogP contribution in [-0.4, -0.2) is 32.3 Å². The maximum Gasteiger partial charge on any atom is 0.343 e. The first-order valence-electron chi connectivity index (χ1n) is 10.7. The Bertz CT molecular complexity index is 857. The van der Waals surface area contributed by atoms with Crippen molar-refractivity contribution < 1.29 is 23.1 Å². The zero-order valence-electron chi connectivity index (χ0n) is 19.8. The van der Waals surface area contributed by atoms with Gasteiger partial charge in [-0.3, -0.25) is 9.36 Å². The molecule has 0 saturated heterocycles. The second kappa shape index (κ2) is 9.38. The third-order valence-electron chi connectivity index (χ3n) is 6.37. The molecule has 0 saturated carbocycles. The molecule has 0 aromatic heterocycles. The molecule has 30 heavy (non-hydrogen) atoms. The molecular weight excluding hydrogens is 399 g/mol. The molecule has 1 aliphatic carbocycles. The number of ether oxygens (including phenoxy) is 1. The topological polar surface area (TPSA) is 61.8 Å². The van der Waals surface area contributed by atoms with E-state index in [1.807, 2.05) is 13.0 Å². The van der Waals surface area contributed by atoms with Gasteiger partial charge in [0.05, 0.1) is 7.11 Å². The minimum Gasteiger partial charge on any atom is -0.496 e. The molecule has 0 amide bonds. The second-order valence-electron chi connectivity index (χ2n) is 9.15.